The highest BCUT2D eigenvalue weighted by Gasteiger charge is 2.47. The molecule has 9 aromatic rings. The monoisotopic (exact) mass is 860 g/mol. The number of aromatic nitrogens is 4. The van der Waals surface area contributed by atoms with Gasteiger partial charge in [0.15, 0.2) is 11.3 Å². The molecule has 6 nitrogen and oxygen atoms in total. The van der Waals surface area contributed by atoms with E-state index in [0.717, 1.165) is 81.8 Å². The largest absolute Gasteiger partial charge is 0.291 e. The van der Waals surface area contributed by atoms with E-state index in [1.165, 1.54) is 192 Å². The molecule has 66 heavy (non-hydrogen) atoms. The van der Waals surface area contributed by atoms with Crippen molar-refractivity contribution in [2.24, 2.45) is 35.5 Å². The number of nitrogens with zero attached hydrogens (tertiary/aromatic N) is 6. The van der Waals surface area contributed by atoms with Crippen LogP contribution in [0.15, 0.2) is 36.4 Å². The lowest BCUT2D eigenvalue weighted by Gasteiger charge is -2.38. The fraction of sp³-hybridized carbons (Fsp3) is 0.500. The van der Waals surface area contributed by atoms with E-state index in [2.05, 4.69) is 57.3 Å². The van der Waals surface area contributed by atoms with Crippen molar-refractivity contribution >= 4 is 76.7 Å². The second-order valence-electron chi connectivity index (χ2n) is 24.1. The van der Waals surface area contributed by atoms with Gasteiger partial charge in [-0.15, -0.1) is 0 Å². The van der Waals surface area contributed by atoms with Crippen LogP contribution in [0.2, 0.25) is 0 Å². The molecule has 8 bridgehead atoms. The summed E-state index contributed by atoms with van der Waals surface area (Å²) in [5.74, 6) is 6.62. The number of rotatable bonds is 4. The molecule has 4 unspecified atom stereocenters. The number of benzene rings is 4. The molecule has 4 aromatic carbocycles. The fourth-order valence-electron chi connectivity index (χ4n) is 18.7. The molecule has 0 N–H and O–H groups in total. The maximum Gasteiger partial charge on any atom is 0.165 e. The van der Waals surface area contributed by atoms with Crippen LogP contribution in [-0.4, -0.2) is 18.8 Å². The molecule has 6 saturated carbocycles. The van der Waals surface area contributed by atoms with E-state index >= 15 is 0 Å². The molecule has 10 aliphatic carbocycles. The quantitative estimate of drug-likeness (QED) is 0.176. The highest BCUT2D eigenvalue weighted by Crippen LogP contribution is 2.62. The molecule has 5 aromatic heterocycles. The third kappa shape index (κ3) is 4.54. The van der Waals surface area contributed by atoms with Gasteiger partial charge in [0.25, 0.3) is 0 Å². The first-order valence-electron chi connectivity index (χ1n) is 26.6. The van der Waals surface area contributed by atoms with Gasteiger partial charge in [-0.05, 0) is 182 Å². The highest BCUT2D eigenvalue weighted by atomic mass is 15.1. The van der Waals surface area contributed by atoms with Gasteiger partial charge in [0.1, 0.15) is 11.0 Å². The summed E-state index contributed by atoms with van der Waals surface area (Å²) in [5.41, 5.74) is 19.4. The van der Waals surface area contributed by atoms with Crippen molar-refractivity contribution in [1.29, 1.82) is 10.5 Å². The number of hydrogen-bond acceptors (Lipinski definition) is 4. The SMILES string of the molecule is N#Cc1cc2c(c3c1C1CC4CC(C1)CC3C4)c1c(CC3CCCC3)ccc3c4nc5c(nc4n2c31)c1ccc(CC2CCCC2)c2c3c4c(c(C#N)cc3n5c12)C1CC2CC(C1)CC4C2. The molecule has 6 heteroatoms. The average Bonchev–Trinajstić information content (AvgIpc) is 4.19. The Hall–Kier alpha value is -5.46. The lowest BCUT2D eigenvalue weighted by atomic mass is 9.67. The third-order valence-corrected chi connectivity index (χ3v) is 20.6. The molecule has 6 fully saturated rings. The molecular formula is C60H56N6. The Morgan fingerprint density at radius 1 is 0.470 bits per heavy atom. The molecule has 10 aliphatic rings. The van der Waals surface area contributed by atoms with Crippen molar-refractivity contribution in [3.63, 3.8) is 0 Å². The van der Waals surface area contributed by atoms with E-state index in [0.29, 0.717) is 23.7 Å². The lowest BCUT2D eigenvalue weighted by Crippen LogP contribution is -2.25. The zero-order chi connectivity index (χ0) is 42.8. The topological polar surface area (TPSA) is 82.2 Å². The second-order valence-corrected chi connectivity index (χ2v) is 24.1. The van der Waals surface area contributed by atoms with Crippen LogP contribution in [0.1, 0.15) is 184 Å². The minimum Gasteiger partial charge on any atom is -0.291 e. The molecular weight excluding hydrogens is 805 g/mol. The minimum atomic E-state index is 0.499. The van der Waals surface area contributed by atoms with Gasteiger partial charge in [-0.2, -0.15) is 10.5 Å². The van der Waals surface area contributed by atoms with Gasteiger partial charge in [-0.25, -0.2) is 9.97 Å². The zero-order valence-corrected chi connectivity index (χ0v) is 38.1. The predicted octanol–water partition coefficient (Wildman–Crippen LogP) is 14.8. The van der Waals surface area contributed by atoms with E-state index < -0.39 is 0 Å². The summed E-state index contributed by atoms with van der Waals surface area (Å²) in [5, 5.41) is 30.4. The maximum atomic E-state index is 11.1. The first-order chi connectivity index (χ1) is 32.6. The summed E-state index contributed by atoms with van der Waals surface area (Å²) < 4.78 is 4.99. The van der Waals surface area contributed by atoms with Crippen LogP contribution < -0.4 is 0 Å². The first kappa shape index (κ1) is 36.6. The van der Waals surface area contributed by atoms with Gasteiger partial charge in [-0.1, -0.05) is 75.6 Å². The summed E-state index contributed by atoms with van der Waals surface area (Å²) in [7, 11) is 0. The van der Waals surface area contributed by atoms with Crippen LogP contribution in [0, 0.1) is 58.2 Å². The lowest BCUT2D eigenvalue weighted by molar-refractivity contribution is 0.166. The van der Waals surface area contributed by atoms with Gasteiger partial charge in [-0.3, -0.25) is 8.80 Å². The van der Waals surface area contributed by atoms with Crippen molar-refractivity contribution < 1.29 is 0 Å². The van der Waals surface area contributed by atoms with Gasteiger partial charge >= 0.3 is 0 Å². The predicted molar refractivity (Wildman–Crippen MR) is 263 cm³/mol. The molecule has 0 radical (unpaired) electrons. The van der Waals surface area contributed by atoms with E-state index in [1.54, 1.807) is 11.1 Å². The Morgan fingerprint density at radius 3 is 1.23 bits per heavy atom. The summed E-state index contributed by atoms with van der Waals surface area (Å²) in [6.45, 7) is 0. The molecule has 326 valence electrons. The molecule has 0 saturated heterocycles. The van der Waals surface area contributed by atoms with Gasteiger partial charge in [0.2, 0.25) is 0 Å². The van der Waals surface area contributed by atoms with E-state index in [-0.39, 0.29) is 0 Å². The van der Waals surface area contributed by atoms with Crippen molar-refractivity contribution in [3.05, 3.63) is 80.9 Å². The maximum absolute atomic E-state index is 11.1. The second kappa shape index (κ2) is 12.7. The molecule has 5 heterocycles. The Bertz CT molecular complexity index is 3450. The molecule has 0 aliphatic heterocycles. The standard InChI is InChI=1S/C60H56N6/c61-27-41-25-45-53(49-39-21-31-13-32(22-39)18-37(17-31)47(41)49)51-35(15-29-5-1-2-6-29)9-11-43-55-59(65(45)57(43)51)64-56-44-12-10-36(16-30-7-3-4-8-30)52-54-46(66(58(44)52)60(56)63-55)26-42(28-62)48-38-19-33-14-34(20-38)24-40(23-33)50(48)54/h9-12,25-26,29-34,37-40H,1-8,13-24H2. The summed E-state index contributed by atoms with van der Waals surface area (Å²) >= 11 is 0. The van der Waals surface area contributed by atoms with Crippen LogP contribution >= 0.6 is 0 Å². The normalized spacial score (nSPS) is 29.3. The van der Waals surface area contributed by atoms with Crippen molar-refractivity contribution in [3.8, 4) is 12.1 Å². The van der Waals surface area contributed by atoms with Crippen LogP contribution in [0.3, 0.4) is 0 Å². The van der Waals surface area contributed by atoms with E-state index in [1.807, 2.05) is 0 Å². The average molecular weight is 861 g/mol. The Morgan fingerprint density at radius 2 is 0.848 bits per heavy atom. The fourth-order valence-corrected chi connectivity index (χ4v) is 18.7. The van der Waals surface area contributed by atoms with Crippen LogP contribution in [0.4, 0.5) is 0 Å². The Kier molecular flexibility index (Phi) is 7.07. The van der Waals surface area contributed by atoms with Crippen molar-refractivity contribution in [2.75, 3.05) is 0 Å². The van der Waals surface area contributed by atoms with Crippen molar-refractivity contribution in [2.45, 2.75) is 152 Å². The number of fused-ring (bicyclic) bond motifs is 12. The smallest absolute Gasteiger partial charge is 0.165 e. The summed E-state index contributed by atoms with van der Waals surface area (Å²) in [4.78, 5) is 11.8. The Balaban J connectivity index is 1.01. The Labute approximate surface area is 385 Å². The van der Waals surface area contributed by atoms with E-state index in [4.69, 9.17) is 9.97 Å². The molecule has 4 atom stereocenters. The number of hydrogen-bond donors (Lipinski definition) is 0. The van der Waals surface area contributed by atoms with Crippen molar-refractivity contribution in [1.82, 2.24) is 18.8 Å². The highest BCUT2D eigenvalue weighted by molar-refractivity contribution is 6.27. The third-order valence-electron chi connectivity index (χ3n) is 20.6. The summed E-state index contributed by atoms with van der Waals surface area (Å²) in [6, 6.07) is 20.0. The molecule has 0 amide bonds. The zero-order valence-electron chi connectivity index (χ0n) is 38.1. The molecule has 0 spiro atoms. The summed E-state index contributed by atoms with van der Waals surface area (Å²) in [6.07, 6.45) is 25.8. The van der Waals surface area contributed by atoms with Gasteiger partial charge in [0.05, 0.1) is 45.3 Å². The minimum absolute atomic E-state index is 0.499. The first-order valence-corrected chi connectivity index (χ1v) is 26.6. The number of nitriles is 2. The van der Waals surface area contributed by atoms with E-state index in [9.17, 15) is 10.5 Å². The van der Waals surface area contributed by atoms with Crippen LogP contribution in [0.5, 0.6) is 0 Å². The van der Waals surface area contributed by atoms with Gasteiger partial charge < -0.3 is 0 Å². The molecule has 19 rings (SSSR count). The van der Waals surface area contributed by atoms with Crippen LogP contribution in [0.25, 0.3) is 76.7 Å². The van der Waals surface area contributed by atoms with Gasteiger partial charge in [0, 0.05) is 32.3 Å². The van der Waals surface area contributed by atoms with Crippen LogP contribution in [-0.2, 0) is 12.8 Å².